The average molecular weight is 553 g/mol. The molecule has 2 amide bonds. The molecule has 3 aliphatic rings. The fourth-order valence-electron chi connectivity index (χ4n) is 5.20. The van der Waals surface area contributed by atoms with Crippen LogP contribution in [0.25, 0.3) is 0 Å². The fraction of sp³-hybridized carbons (Fsp3) is 0.500. The van der Waals surface area contributed by atoms with Gasteiger partial charge < -0.3 is 9.80 Å². The van der Waals surface area contributed by atoms with E-state index in [-0.39, 0.29) is 23.2 Å². The normalized spacial score (nSPS) is 21.2. The second-order valence-corrected chi connectivity index (χ2v) is 12.4. The van der Waals surface area contributed by atoms with Crippen molar-refractivity contribution >= 4 is 33.3 Å². The number of anilines is 1. The van der Waals surface area contributed by atoms with Crippen LogP contribution in [0.3, 0.4) is 0 Å². The summed E-state index contributed by atoms with van der Waals surface area (Å²) in [5, 5.41) is 0.356. The Morgan fingerprint density at radius 1 is 0.946 bits per heavy atom. The van der Waals surface area contributed by atoms with E-state index in [1.54, 1.807) is 4.90 Å². The van der Waals surface area contributed by atoms with Gasteiger partial charge in [-0.25, -0.2) is 22.0 Å². The third-order valence-electron chi connectivity index (χ3n) is 7.37. The van der Waals surface area contributed by atoms with E-state index in [9.17, 15) is 22.0 Å². The highest BCUT2D eigenvalue weighted by atomic mass is 35.5. The summed E-state index contributed by atoms with van der Waals surface area (Å²) in [4.78, 5) is 19.2. The molecule has 2 aromatic carbocycles. The van der Waals surface area contributed by atoms with E-state index in [1.807, 2.05) is 4.90 Å². The van der Waals surface area contributed by atoms with Gasteiger partial charge in [-0.2, -0.15) is 0 Å². The van der Waals surface area contributed by atoms with Crippen LogP contribution in [0.4, 0.5) is 19.3 Å². The lowest BCUT2D eigenvalue weighted by Crippen LogP contribution is -2.57. The molecule has 0 aromatic heterocycles. The highest BCUT2D eigenvalue weighted by molar-refractivity contribution is 7.92. The predicted molar refractivity (Wildman–Crippen MR) is 138 cm³/mol. The summed E-state index contributed by atoms with van der Waals surface area (Å²) in [6.45, 7) is 4.55. The number of urea groups is 1. The van der Waals surface area contributed by atoms with Crippen molar-refractivity contribution in [2.45, 2.75) is 36.6 Å². The first-order valence-electron chi connectivity index (χ1n) is 12.7. The molecule has 11 heteroatoms. The zero-order chi connectivity index (χ0) is 26.2. The third-order valence-corrected chi connectivity index (χ3v) is 9.50. The zero-order valence-electron chi connectivity index (χ0n) is 20.5. The van der Waals surface area contributed by atoms with Crippen molar-refractivity contribution in [2.75, 3.05) is 50.1 Å². The van der Waals surface area contributed by atoms with Crippen molar-refractivity contribution in [1.82, 2.24) is 14.7 Å². The Kier molecular flexibility index (Phi) is 7.60. The smallest absolute Gasteiger partial charge is 0.320 e. The Morgan fingerprint density at radius 3 is 2.32 bits per heavy atom. The maximum absolute atomic E-state index is 15.0. The number of amides is 2. The molecule has 2 aliphatic heterocycles. The second-order valence-electron chi connectivity index (χ2n) is 10.1. The maximum atomic E-state index is 15.0. The largest absolute Gasteiger partial charge is 0.323 e. The molecule has 0 radical (unpaired) electrons. The van der Waals surface area contributed by atoms with E-state index in [4.69, 9.17) is 11.6 Å². The maximum Gasteiger partial charge on any atom is 0.320 e. The summed E-state index contributed by atoms with van der Waals surface area (Å²) in [6.07, 6.45) is 3.52. The van der Waals surface area contributed by atoms with E-state index in [0.717, 1.165) is 48.1 Å². The SMILES string of the molecule is O=C(N1CCN(CC2CC2)CC1)N1CCCC(N(c2cc(F)ccc2F)S(=O)(=O)c2ccc(Cl)cc2)C1. The van der Waals surface area contributed by atoms with Crippen LogP contribution < -0.4 is 4.31 Å². The van der Waals surface area contributed by atoms with Crippen LogP contribution in [0, 0.1) is 17.6 Å². The van der Waals surface area contributed by atoms with Crippen LogP contribution in [0.15, 0.2) is 47.4 Å². The van der Waals surface area contributed by atoms with Gasteiger partial charge in [0.1, 0.15) is 11.6 Å². The van der Waals surface area contributed by atoms with Crippen molar-refractivity contribution in [2.24, 2.45) is 5.92 Å². The lowest BCUT2D eigenvalue weighted by molar-refractivity contribution is 0.103. The number of hydrogen-bond donors (Lipinski definition) is 0. The van der Waals surface area contributed by atoms with Crippen molar-refractivity contribution < 1.29 is 22.0 Å². The molecule has 1 unspecified atom stereocenters. The Bertz CT molecular complexity index is 1230. The van der Waals surface area contributed by atoms with Crippen molar-refractivity contribution in [3.05, 3.63) is 59.1 Å². The number of hydrogen-bond acceptors (Lipinski definition) is 4. The molecule has 0 bridgehead atoms. The first-order valence-corrected chi connectivity index (χ1v) is 14.6. The summed E-state index contributed by atoms with van der Waals surface area (Å²) in [6, 6.07) is 7.42. The second kappa shape index (κ2) is 10.7. The summed E-state index contributed by atoms with van der Waals surface area (Å²) in [5.74, 6) is -0.809. The standard InChI is InChI=1S/C26H31ClF2N4O3S/c27-20-5-8-23(9-6-20)37(35,36)33(25-16-21(28)7-10-24(25)29)22-2-1-11-32(18-22)26(34)31-14-12-30(13-15-31)17-19-3-4-19/h5-10,16,19,22H,1-4,11-15,17-18H2. The lowest BCUT2D eigenvalue weighted by atomic mass is 10.1. The van der Waals surface area contributed by atoms with Gasteiger partial charge in [0.2, 0.25) is 0 Å². The number of benzene rings is 2. The van der Waals surface area contributed by atoms with Gasteiger partial charge in [0.15, 0.2) is 0 Å². The summed E-state index contributed by atoms with van der Waals surface area (Å²) in [5.41, 5.74) is -0.372. The number of piperidine rings is 1. The van der Waals surface area contributed by atoms with E-state index in [1.165, 1.54) is 37.1 Å². The Hall–Kier alpha value is -2.43. The molecular weight excluding hydrogens is 522 g/mol. The molecule has 7 nitrogen and oxygen atoms in total. The van der Waals surface area contributed by atoms with E-state index in [2.05, 4.69) is 4.90 Å². The molecule has 3 fully saturated rings. The molecule has 2 aromatic rings. The third kappa shape index (κ3) is 5.86. The van der Waals surface area contributed by atoms with Gasteiger partial charge in [0, 0.05) is 56.9 Å². The Morgan fingerprint density at radius 2 is 1.65 bits per heavy atom. The van der Waals surface area contributed by atoms with Crippen molar-refractivity contribution in [3.8, 4) is 0 Å². The van der Waals surface area contributed by atoms with Gasteiger partial charge in [-0.15, -0.1) is 0 Å². The number of likely N-dealkylation sites (tertiary alicyclic amines) is 1. The monoisotopic (exact) mass is 552 g/mol. The molecule has 2 heterocycles. The first kappa shape index (κ1) is 26.2. The zero-order valence-corrected chi connectivity index (χ0v) is 22.1. The number of halogens is 3. The molecule has 37 heavy (non-hydrogen) atoms. The molecule has 1 aliphatic carbocycles. The number of sulfonamides is 1. The van der Waals surface area contributed by atoms with Gasteiger partial charge in [-0.3, -0.25) is 9.21 Å². The summed E-state index contributed by atoms with van der Waals surface area (Å²) < 4.78 is 57.7. The fourth-order valence-corrected chi connectivity index (χ4v) is 7.00. The first-order chi connectivity index (χ1) is 17.7. The average Bonchev–Trinajstić information content (AvgIpc) is 3.71. The van der Waals surface area contributed by atoms with Crippen LogP contribution in [-0.4, -0.2) is 81.0 Å². The molecule has 1 saturated carbocycles. The molecule has 1 atom stereocenters. The lowest BCUT2D eigenvalue weighted by Gasteiger charge is -2.43. The molecule has 200 valence electrons. The van der Waals surface area contributed by atoms with E-state index in [0.29, 0.717) is 37.5 Å². The Balaban J connectivity index is 1.38. The minimum Gasteiger partial charge on any atom is -0.323 e. The van der Waals surface area contributed by atoms with E-state index >= 15 is 0 Å². The minimum atomic E-state index is -4.29. The Labute approximate surface area is 221 Å². The van der Waals surface area contributed by atoms with Crippen molar-refractivity contribution in [1.29, 1.82) is 0 Å². The minimum absolute atomic E-state index is 0.0872. The molecule has 0 spiro atoms. The van der Waals surface area contributed by atoms with Crippen LogP contribution >= 0.6 is 11.6 Å². The van der Waals surface area contributed by atoms with Gasteiger partial charge in [-0.1, -0.05) is 11.6 Å². The quantitative estimate of drug-likeness (QED) is 0.532. The van der Waals surface area contributed by atoms with Gasteiger partial charge in [0.05, 0.1) is 16.6 Å². The van der Waals surface area contributed by atoms with Crippen LogP contribution in [-0.2, 0) is 10.0 Å². The van der Waals surface area contributed by atoms with Crippen molar-refractivity contribution in [3.63, 3.8) is 0 Å². The number of piperazine rings is 1. The highest BCUT2D eigenvalue weighted by Crippen LogP contribution is 2.33. The topological polar surface area (TPSA) is 64.2 Å². The number of rotatable bonds is 6. The van der Waals surface area contributed by atoms with Gasteiger partial charge in [-0.05, 0) is 68.0 Å². The molecule has 0 N–H and O–H groups in total. The van der Waals surface area contributed by atoms with Crippen LogP contribution in [0.5, 0.6) is 0 Å². The molecule has 5 rings (SSSR count). The molecular formula is C26H31ClF2N4O3S. The summed E-state index contributed by atoms with van der Waals surface area (Å²) >= 11 is 5.95. The van der Waals surface area contributed by atoms with Crippen LogP contribution in [0.1, 0.15) is 25.7 Å². The number of carbonyl (C=O) groups is 1. The van der Waals surface area contributed by atoms with Crippen LogP contribution in [0.2, 0.25) is 5.02 Å². The highest BCUT2D eigenvalue weighted by Gasteiger charge is 2.38. The number of carbonyl (C=O) groups excluding carboxylic acids is 1. The predicted octanol–water partition coefficient (Wildman–Crippen LogP) is 4.43. The summed E-state index contributed by atoms with van der Waals surface area (Å²) in [7, 11) is -4.29. The van der Waals surface area contributed by atoms with Gasteiger partial charge in [0.25, 0.3) is 10.0 Å². The van der Waals surface area contributed by atoms with E-state index < -0.39 is 27.7 Å². The molecule has 2 saturated heterocycles. The van der Waals surface area contributed by atoms with Gasteiger partial charge >= 0.3 is 6.03 Å². The number of nitrogens with zero attached hydrogens (tertiary/aromatic N) is 4.